The van der Waals surface area contributed by atoms with Crippen LogP contribution >= 0.6 is 11.6 Å². The van der Waals surface area contributed by atoms with Crippen LogP contribution in [0.15, 0.2) is 0 Å². The van der Waals surface area contributed by atoms with Crippen LogP contribution in [0.4, 0.5) is 4.79 Å². The molecular formula is C11H20ClNO2. The zero-order chi connectivity index (χ0) is 11.5. The van der Waals surface area contributed by atoms with Crippen LogP contribution in [0.3, 0.4) is 0 Å². The molecule has 1 rings (SSSR count). The number of ether oxygens (including phenoxy) is 1. The van der Waals surface area contributed by atoms with Gasteiger partial charge in [-0.2, -0.15) is 0 Å². The molecule has 15 heavy (non-hydrogen) atoms. The Balaban J connectivity index is 2.51. The van der Waals surface area contributed by atoms with Crippen molar-refractivity contribution >= 4 is 17.7 Å². The van der Waals surface area contributed by atoms with Gasteiger partial charge in [0.2, 0.25) is 0 Å². The number of rotatable bonds is 2. The minimum atomic E-state index is -0.412. The first-order valence-electron chi connectivity index (χ1n) is 5.49. The van der Waals surface area contributed by atoms with E-state index in [0.717, 1.165) is 25.8 Å². The van der Waals surface area contributed by atoms with Gasteiger partial charge in [0, 0.05) is 18.5 Å². The standard InChI is InChI=1S/C11H20ClNO2/c1-11(2,3)15-10(14)13-8-4-5-9(13)6-7-12/h9H,4-8H2,1-3H3. The van der Waals surface area contributed by atoms with E-state index in [1.807, 2.05) is 25.7 Å². The molecule has 4 heteroatoms. The third kappa shape index (κ3) is 3.90. The molecule has 1 aliphatic rings. The van der Waals surface area contributed by atoms with E-state index in [-0.39, 0.29) is 12.1 Å². The average molecular weight is 234 g/mol. The van der Waals surface area contributed by atoms with Gasteiger partial charge in [0.25, 0.3) is 0 Å². The minimum Gasteiger partial charge on any atom is -0.444 e. The van der Waals surface area contributed by atoms with Crippen molar-refractivity contribution in [1.29, 1.82) is 0 Å². The average Bonchev–Trinajstić information content (AvgIpc) is 2.49. The Hall–Kier alpha value is -0.440. The molecule has 1 amide bonds. The number of nitrogens with zero attached hydrogens (tertiary/aromatic N) is 1. The lowest BCUT2D eigenvalue weighted by molar-refractivity contribution is 0.0224. The van der Waals surface area contributed by atoms with Gasteiger partial charge in [0.1, 0.15) is 5.60 Å². The van der Waals surface area contributed by atoms with Gasteiger partial charge in [-0.15, -0.1) is 11.6 Å². The molecule has 1 atom stereocenters. The van der Waals surface area contributed by atoms with Gasteiger partial charge in [0.15, 0.2) is 0 Å². The first-order chi connectivity index (χ1) is 6.94. The summed E-state index contributed by atoms with van der Waals surface area (Å²) in [5.41, 5.74) is -0.412. The molecule has 0 aliphatic carbocycles. The third-order valence-electron chi connectivity index (χ3n) is 2.45. The van der Waals surface area contributed by atoms with Crippen LogP contribution in [0.5, 0.6) is 0 Å². The van der Waals surface area contributed by atoms with E-state index in [2.05, 4.69) is 0 Å². The number of carbonyl (C=O) groups excluding carboxylic acids is 1. The summed E-state index contributed by atoms with van der Waals surface area (Å²) in [6.45, 7) is 6.46. The smallest absolute Gasteiger partial charge is 0.410 e. The Labute approximate surface area is 96.7 Å². The van der Waals surface area contributed by atoms with E-state index in [0.29, 0.717) is 5.88 Å². The summed E-state index contributed by atoms with van der Waals surface area (Å²) in [7, 11) is 0. The van der Waals surface area contributed by atoms with Crippen molar-refractivity contribution in [2.75, 3.05) is 12.4 Å². The molecule has 0 N–H and O–H groups in total. The topological polar surface area (TPSA) is 29.5 Å². The molecule has 1 unspecified atom stereocenters. The second kappa shape index (κ2) is 5.06. The predicted molar refractivity (Wildman–Crippen MR) is 61.3 cm³/mol. The number of amides is 1. The van der Waals surface area contributed by atoms with Crippen LogP contribution in [0.25, 0.3) is 0 Å². The second-order valence-corrected chi connectivity index (χ2v) is 5.33. The molecule has 0 aromatic carbocycles. The van der Waals surface area contributed by atoms with Gasteiger partial charge in [-0.05, 0) is 40.0 Å². The van der Waals surface area contributed by atoms with Crippen molar-refractivity contribution in [3.63, 3.8) is 0 Å². The molecule has 1 heterocycles. The Morgan fingerprint density at radius 2 is 2.20 bits per heavy atom. The molecule has 1 aliphatic heterocycles. The summed E-state index contributed by atoms with van der Waals surface area (Å²) in [4.78, 5) is 13.6. The van der Waals surface area contributed by atoms with E-state index >= 15 is 0 Å². The van der Waals surface area contributed by atoms with Crippen LogP contribution in [0.1, 0.15) is 40.0 Å². The molecule has 0 saturated carbocycles. The number of alkyl halides is 1. The monoisotopic (exact) mass is 233 g/mol. The van der Waals surface area contributed by atoms with Gasteiger partial charge >= 0.3 is 6.09 Å². The SMILES string of the molecule is CC(C)(C)OC(=O)N1CCCC1CCCl. The molecular weight excluding hydrogens is 214 g/mol. The predicted octanol–water partition coefficient (Wildman–Crippen LogP) is 3.01. The fourth-order valence-corrected chi connectivity index (χ4v) is 2.07. The Kier molecular flexibility index (Phi) is 4.26. The highest BCUT2D eigenvalue weighted by Crippen LogP contribution is 2.23. The van der Waals surface area contributed by atoms with Crippen molar-refractivity contribution in [2.45, 2.75) is 51.7 Å². The van der Waals surface area contributed by atoms with Gasteiger partial charge in [0.05, 0.1) is 0 Å². The Morgan fingerprint density at radius 3 is 2.73 bits per heavy atom. The molecule has 0 spiro atoms. The maximum atomic E-state index is 11.8. The molecule has 0 aromatic rings. The highest BCUT2D eigenvalue weighted by atomic mass is 35.5. The van der Waals surface area contributed by atoms with Gasteiger partial charge in [-0.3, -0.25) is 0 Å². The number of likely N-dealkylation sites (tertiary alicyclic amines) is 1. The van der Waals surface area contributed by atoms with Crippen molar-refractivity contribution < 1.29 is 9.53 Å². The van der Waals surface area contributed by atoms with E-state index in [9.17, 15) is 4.79 Å². The molecule has 3 nitrogen and oxygen atoms in total. The number of hydrogen-bond acceptors (Lipinski definition) is 2. The third-order valence-corrected chi connectivity index (χ3v) is 2.67. The summed E-state index contributed by atoms with van der Waals surface area (Å²) >= 11 is 5.71. The van der Waals surface area contributed by atoms with E-state index < -0.39 is 5.60 Å². The summed E-state index contributed by atoms with van der Waals surface area (Å²) in [6.07, 6.45) is 2.77. The minimum absolute atomic E-state index is 0.199. The lowest BCUT2D eigenvalue weighted by Gasteiger charge is -2.28. The zero-order valence-corrected chi connectivity index (χ0v) is 10.5. The number of hydrogen-bond donors (Lipinski definition) is 0. The summed E-state index contributed by atoms with van der Waals surface area (Å²) in [5.74, 6) is 0.601. The summed E-state index contributed by atoms with van der Waals surface area (Å²) in [6, 6.07) is 0.275. The van der Waals surface area contributed by atoms with E-state index in [4.69, 9.17) is 16.3 Å². The van der Waals surface area contributed by atoms with Crippen LogP contribution in [0.2, 0.25) is 0 Å². The molecule has 1 fully saturated rings. The van der Waals surface area contributed by atoms with Crippen LogP contribution < -0.4 is 0 Å². The maximum absolute atomic E-state index is 11.8. The quantitative estimate of drug-likeness (QED) is 0.687. The largest absolute Gasteiger partial charge is 0.444 e. The molecule has 0 bridgehead atoms. The number of carbonyl (C=O) groups is 1. The highest BCUT2D eigenvalue weighted by Gasteiger charge is 2.31. The van der Waals surface area contributed by atoms with Crippen molar-refractivity contribution in [1.82, 2.24) is 4.90 Å². The molecule has 1 saturated heterocycles. The lowest BCUT2D eigenvalue weighted by atomic mass is 10.2. The van der Waals surface area contributed by atoms with Gasteiger partial charge in [-0.1, -0.05) is 0 Å². The first-order valence-corrected chi connectivity index (χ1v) is 6.03. The van der Waals surface area contributed by atoms with Gasteiger partial charge < -0.3 is 9.64 Å². The fraction of sp³-hybridized carbons (Fsp3) is 0.909. The van der Waals surface area contributed by atoms with Crippen molar-refractivity contribution in [2.24, 2.45) is 0 Å². The van der Waals surface area contributed by atoms with Gasteiger partial charge in [-0.25, -0.2) is 4.79 Å². The molecule has 88 valence electrons. The maximum Gasteiger partial charge on any atom is 0.410 e. The normalized spacial score (nSPS) is 21.9. The molecule has 0 radical (unpaired) electrons. The fourth-order valence-electron chi connectivity index (χ4n) is 1.82. The van der Waals surface area contributed by atoms with Crippen LogP contribution in [-0.2, 0) is 4.74 Å². The second-order valence-electron chi connectivity index (χ2n) is 4.95. The highest BCUT2D eigenvalue weighted by molar-refractivity contribution is 6.17. The number of halogens is 1. The summed E-state index contributed by atoms with van der Waals surface area (Å²) in [5, 5.41) is 0. The molecule has 0 aromatic heterocycles. The van der Waals surface area contributed by atoms with Crippen molar-refractivity contribution in [3.8, 4) is 0 Å². The Bertz CT molecular complexity index is 225. The van der Waals surface area contributed by atoms with Crippen LogP contribution in [-0.4, -0.2) is 35.1 Å². The zero-order valence-electron chi connectivity index (χ0n) is 9.75. The van der Waals surface area contributed by atoms with E-state index in [1.54, 1.807) is 0 Å². The van der Waals surface area contributed by atoms with Crippen LogP contribution in [0, 0.1) is 0 Å². The first kappa shape index (κ1) is 12.6. The lowest BCUT2D eigenvalue weighted by Crippen LogP contribution is -2.39. The Morgan fingerprint density at radius 1 is 1.53 bits per heavy atom. The van der Waals surface area contributed by atoms with Crippen molar-refractivity contribution in [3.05, 3.63) is 0 Å². The summed E-state index contributed by atoms with van der Waals surface area (Å²) < 4.78 is 5.34. The van der Waals surface area contributed by atoms with E-state index in [1.165, 1.54) is 0 Å².